The van der Waals surface area contributed by atoms with Crippen molar-refractivity contribution in [2.45, 2.75) is 33.9 Å². The molecule has 0 fully saturated rings. The van der Waals surface area contributed by atoms with E-state index in [9.17, 15) is 5.11 Å². The molecule has 0 aliphatic heterocycles. The second kappa shape index (κ2) is 5.45. The van der Waals surface area contributed by atoms with Crippen molar-refractivity contribution in [2.75, 3.05) is 7.11 Å². The zero-order valence-corrected chi connectivity index (χ0v) is 11.9. The maximum atomic E-state index is 9.23. The number of aryl methyl sites for hydroxylation is 1. The molecule has 2 rings (SSSR count). The second-order valence-corrected chi connectivity index (χ2v) is 4.76. The molecule has 0 aliphatic carbocycles. The first-order valence-electron chi connectivity index (χ1n) is 6.34. The van der Waals surface area contributed by atoms with Crippen molar-refractivity contribution in [3.63, 3.8) is 0 Å². The molecule has 0 unspecified atom stereocenters. The van der Waals surface area contributed by atoms with Gasteiger partial charge in [-0.15, -0.1) is 0 Å². The van der Waals surface area contributed by atoms with Gasteiger partial charge in [0.05, 0.1) is 26.0 Å². The van der Waals surface area contributed by atoms with Crippen molar-refractivity contribution in [3.05, 3.63) is 46.3 Å². The minimum Gasteiger partial charge on any atom is -0.496 e. The fourth-order valence-electron chi connectivity index (χ4n) is 2.16. The maximum absolute atomic E-state index is 9.23. The summed E-state index contributed by atoms with van der Waals surface area (Å²) in [6.07, 6.45) is 0. The predicted octanol–water partition coefficient (Wildman–Crippen LogP) is 2.36. The fourth-order valence-corrected chi connectivity index (χ4v) is 2.16. The quantitative estimate of drug-likeness (QED) is 0.918. The van der Waals surface area contributed by atoms with Gasteiger partial charge in [0.15, 0.2) is 0 Å². The molecule has 0 saturated carbocycles. The summed E-state index contributed by atoms with van der Waals surface area (Å²) in [5.74, 6) is 0.822. The third-order valence-electron chi connectivity index (χ3n) is 3.59. The monoisotopic (exact) mass is 260 g/mol. The summed E-state index contributed by atoms with van der Waals surface area (Å²) in [5.41, 5.74) is 5.34. The van der Waals surface area contributed by atoms with Crippen LogP contribution in [-0.2, 0) is 13.2 Å². The SMILES string of the molecule is COc1ccc(CO)cc1Cn1nc(C)c(C)c1C. The molecule has 19 heavy (non-hydrogen) atoms. The van der Waals surface area contributed by atoms with E-state index in [-0.39, 0.29) is 6.61 Å². The van der Waals surface area contributed by atoms with Crippen LogP contribution in [0.5, 0.6) is 5.75 Å². The van der Waals surface area contributed by atoms with E-state index in [0.29, 0.717) is 6.54 Å². The Balaban J connectivity index is 2.38. The molecule has 1 heterocycles. The van der Waals surface area contributed by atoms with Crippen LogP contribution in [0.25, 0.3) is 0 Å². The van der Waals surface area contributed by atoms with E-state index in [0.717, 1.165) is 28.3 Å². The molecule has 102 valence electrons. The summed E-state index contributed by atoms with van der Waals surface area (Å²) in [6.45, 7) is 6.85. The number of methoxy groups -OCH3 is 1. The number of aliphatic hydroxyl groups excluding tert-OH is 1. The number of hydrogen-bond donors (Lipinski definition) is 1. The summed E-state index contributed by atoms with van der Waals surface area (Å²) in [7, 11) is 1.66. The van der Waals surface area contributed by atoms with Crippen molar-refractivity contribution < 1.29 is 9.84 Å². The molecular weight excluding hydrogens is 240 g/mol. The first-order valence-corrected chi connectivity index (χ1v) is 6.34. The van der Waals surface area contributed by atoms with Crippen LogP contribution in [0.15, 0.2) is 18.2 Å². The molecule has 0 spiro atoms. The van der Waals surface area contributed by atoms with Gasteiger partial charge in [-0.05, 0) is 44.0 Å². The Labute approximate surface area is 113 Å². The van der Waals surface area contributed by atoms with Gasteiger partial charge >= 0.3 is 0 Å². The Morgan fingerprint density at radius 2 is 2.00 bits per heavy atom. The molecule has 4 heteroatoms. The summed E-state index contributed by atoms with van der Waals surface area (Å²) in [4.78, 5) is 0. The lowest BCUT2D eigenvalue weighted by molar-refractivity contribution is 0.281. The average molecular weight is 260 g/mol. The molecule has 1 aromatic heterocycles. The van der Waals surface area contributed by atoms with Gasteiger partial charge in [0.2, 0.25) is 0 Å². The van der Waals surface area contributed by atoms with Gasteiger partial charge in [-0.2, -0.15) is 5.10 Å². The minimum atomic E-state index is 0.0349. The van der Waals surface area contributed by atoms with Crippen LogP contribution in [0.2, 0.25) is 0 Å². The highest BCUT2D eigenvalue weighted by atomic mass is 16.5. The Morgan fingerprint density at radius 3 is 2.53 bits per heavy atom. The third-order valence-corrected chi connectivity index (χ3v) is 3.59. The van der Waals surface area contributed by atoms with E-state index in [1.807, 2.05) is 29.8 Å². The normalized spacial score (nSPS) is 10.8. The van der Waals surface area contributed by atoms with Crippen LogP contribution in [0, 0.1) is 20.8 Å². The first-order chi connectivity index (χ1) is 9.06. The Bertz CT molecular complexity index is 588. The van der Waals surface area contributed by atoms with Crippen molar-refractivity contribution in [1.82, 2.24) is 9.78 Å². The smallest absolute Gasteiger partial charge is 0.123 e. The van der Waals surface area contributed by atoms with Crippen LogP contribution >= 0.6 is 0 Å². The number of ether oxygens (including phenoxy) is 1. The third kappa shape index (κ3) is 2.63. The minimum absolute atomic E-state index is 0.0349. The molecule has 0 radical (unpaired) electrons. The van der Waals surface area contributed by atoms with Crippen molar-refractivity contribution in [2.24, 2.45) is 0 Å². The van der Waals surface area contributed by atoms with Gasteiger partial charge in [0, 0.05) is 11.3 Å². The van der Waals surface area contributed by atoms with Crippen LogP contribution < -0.4 is 4.74 Å². The summed E-state index contributed by atoms with van der Waals surface area (Å²) in [5, 5.41) is 13.8. The highest BCUT2D eigenvalue weighted by Gasteiger charge is 2.10. The molecule has 2 aromatic rings. The molecular formula is C15H20N2O2. The number of aliphatic hydroxyl groups is 1. The van der Waals surface area contributed by atoms with E-state index in [4.69, 9.17) is 4.74 Å². The van der Waals surface area contributed by atoms with Gasteiger partial charge in [0.1, 0.15) is 5.75 Å². The lowest BCUT2D eigenvalue weighted by Crippen LogP contribution is -2.06. The standard InChI is InChI=1S/C15H20N2O2/c1-10-11(2)16-17(12(10)3)8-14-7-13(9-18)5-6-15(14)19-4/h5-7,18H,8-9H2,1-4H3. The number of hydrogen-bond acceptors (Lipinski definition) is 3. The molecule has 0 saturated heterocycles. The molecule has 0 atom stereocenters. The van der Waals surface area contributed by atoms with Gasteiger partial charge in [-0.1, -0.05) is 6.07 Å². The van der Waals surface area contributed by atoms with Gasteiger partial charge < -0.3 is 9.84 Å². The second-order valence-electron chi connectivity index (χ2n) is 4.76. The summed E-state index contributed by atoms with van der Waals surface area (Å²) >= 11 is 0. The maximum Gasteiger partial charge on any atom is 0.123 e. The first kappa shape index (κ1) is 13.6. The van der Waals surface area contributed by atoms with Crippen molar-refractivity contribution in [1.29, 1.82) is 0 Å². The van der Waals surface area contributed by atoms with Crippen LogP contribution in [0.1, 0.15) is 28.1 Å². The van der Waals surface area contributed by atoms with Crippen LogP contribution in [0.3, 0.4) is 0 Å². The average Bonchev–Trinajstić information content (AvgIpc) is 2.66. The highest BCUT2D eigenvalue weighted by Crippen LogP contribution is 2.22. The lowest BCUT2D eigenvalue weighted by Gasteiger charge is -2.11. The summed E-state index contributed by atoms with van der Waals surface area (Å²) < 4.78 is 7.35. The predicted molar refractivity (Wildman–Crippen MR) is 74.5 cm³/mol. The van der Waals surface area contributed by atoms with Gasteiger partial charge in [0.25, 0.3) is 0 Å². The van der Waals surface area contributed by atoms with E-state index in [1.165, 1.54) is 5.56 Å². The van der Waals surface area contributed by atoms with E-state index >= 15 is 0 Å². The zero-order chi connectivity index (χ0) is 14.0. The fraction of sp³-hybridized carbons (Fsp3) is 0.400. The number of rotatable bonds is 4. The number of benzene rings is 1. The molecule has 0 bridgehead atoms. The van der Waals surface area contributed by atoms with Crippen molar-refractivity contribution in [3.8, 4) is 5.75 Å². The van der Waals surface area contributed by atoms with Crippen LogP contribution in [0.4, 0.5) is 0 Å². The molecule has 0 aliphatic rings. The molecule has 1 aromatic carbocycles. The highest BCUT2D eigenvalue weighted by molar-refractivity contribution is 5.37. The van der Waals surface area contributed by atoms with E-state index in [1.54, 1.807) is 7.11 Å². The number of nitrogens with zero attached hydrogens (tertiary/aromatic N) is 2. The molecule has 0 amide bonds. The largest absolute Gasteiger partial charge is 0.496 e. The van der Waals surface area contributed by atoms with Crippen LogP contribution in [-0.4, -0.2) is 22.0 Å². The Morgan fingerprint density at radius 1 is 1.26 bits per heavy atom. The van der Waals surface area contributed by atoms with Crippen molar-refractivity contribution >= 4 is 0 Å². The topological polar surface area (TPSA) is 47.3 Å². The van der Waals surface area contributed by atoms with E-state index < -0.39 is 0 Å². The lowest BCUT2D eigenvalue weighted by atomic mass is 10.1. The zero-order valence-electron chi connectivity index (χ0n) is 11.9. The number of aromatic nitrogens is 2. The van der Waals surface area contributed by atoms with Gasteiger partial charge in [-0.25, -0.2) is 0 Å². The summed E-state index contributed by atoms with van der Waals surface area (Å²) in [6, 6.07) is 5.72. The Hall–Kier alpha value is -1.81. The van der Waals surface area contributed by atoms with Gasteiger partial charge in [-0.3, -0.25) is 4.68 Å². The molecule has 1 N–H and O–H groups in total. The Kier molecular flexibility index (Phi) is 3.90. The molecule has 4 nitrogen and oxygen atoms in total. The van der Waals surface area contributed by atoms with E-state index in [2.05, 4.69) is 18.9 Å².